The molecule has 0 fully saturated rings. The van der Waals surface area contributed by atoms with E-state index in [0.717, 1.165) is 17.2 Å². The lowest BCUT2D eigenvalue weighted by atomic mass is 10.0. The number of primary amides is 1. The first kappa shape index (κ1) is 13.4. The number of amides is 1. The molecule has 0 aliphatic carbocycles. The molecule has 0 unspecified atom stereocenters. The third-order valence-electron chi connectivity index (χ3n) is 3.37. The second-order valence-electron chi connectivity index (χ2n) is 5.24. The van der Waals surface area contributed by atoms with Crippen molar-refractivity contribution in [2.75, 3.05) is 0 Å². The van der Waals surface area contributed by atoms with E-state index in [9.17, 15) is 4.79 Å². The summed E-state index contributed by atoms with van der Waals surface area (Å²) in [4.78, 5) is 11.8. The third kappa shape index (κ3) is 2.70. The molecular weight excluding hydrogens is 238 g/mol. The Labute approximate surface area is 113 Å². The molecule has 3 heteroatoms. The summed E-state index contributed by atoms with van der Waals surface area (Å²) in [5.74, 6) is 0.0942. The quantitative estimate of drug-likeness (QED) is 0.911. The normalized spacial score (nSPS) is 11.5. The molecule has 0 saturated heterocycles. The maximum absolute atomic E-state index is 11.8. The van der Waals surface area contributed by atoms with E-state index < -0.39 is 5.91 Å². The maximum atomic E-state index is 11.8. The minimum Gasteiger partial charge on any atom is -0.487 e. The van der Waals surface area contributed by atoms with Gasteiger partial charge in [-0.3, -0.25) is 4.79 Å². The average molecular weight is 257 g/mol. The highest BCUT2D eigenvalue weighted by atomic mass is 16.5. The number of rotatable bonds is 4. The van der Waals surface area contributed by atoms with Crippen molar-refractivity contribution in [2.24, 2.45) is 5.73 Å². The lowest BCUT2D eigenvalue weighted by molar-refractivity contribution is 0.0941. The minimum atomic E-state index is -0.460. The topological polar surface area (TPSA) is 52.3 Å². The minimum absolute atomic E-state index is 0.327. The van der Waals surface area contributed by atoms with Crippen molar-refractivity contribution < 1.29 is 9.53 Å². The molecule has 2 rings (SSSR count). The molecule has 0 aromatic heterocycles. The second-order valence-corrected chi connectivity index (χ2v) is 5.24. The molecule has 100 valence electrons. The molecule has 19 heavy (non-hydrogen) atoms. The number of fused-ring (bicyclic) bond motifs is 1. The zero-order valence-corrected chi connectivity index (χ0v) is 11.6. The van der Waals surface area contributed by atoms with E-state index in [2.05, 4.69) is 0 Å². The summed E-state index contributed by atoms with van der Waals surface area (Å²) in [5.41, 5.74) is 5.65. The predicted molar refractivity (Wildman–Crippen MR) is 77.5 cm³/mol. The first-order valence-corrected chi connectivity index (χ1v) is 6.45. The first-order chi connectivity index (χ1) is 8.94. The van der Waals surface area contributed by atoms with E-state index in [4.69, 9.17) is 10.5 Å². The van der Waals surface area contributed by atoms with Crippen LogP contribution in [0.1, 0.15) is 37.6 Å². The van der Waals surface area contributed by atoms with Crippen molar-refractivity contribution in [1.29, 1.82) is 0 Å². The van der Waals surface area contributed by atoms with Crippen LogP contribution in [0.4, 0.5) is 0 Å². The highest BCUT2D eigenvalue weighted by Crippen LogP contribution is 2.30. The Morgan fingerprint density at radius 1 is 1.21 bits per heavy atom. The highest BCUT2D eigenvalue weighted by Gasteiger charge is 2.21. The molecule has 0 aliphatic heterocycles. The van der Waals surface area contributed by atoms with E-state index in [0.29, 0.717) is 11.3 Å². The summed E-state index contributed by atoms with van der Waals surface area (Å²) in [6, 6.07) is 11.4. The van der Waals surface area contributed by atoms with Gasteiger partial charge >= 0.3 is 0 Å². The van der Waals surface area contributed by atoms with Crippen LogP contribution < -0.4 is 10.5 Å². The van der Waals surface area contributed by atoms with Gasteiger partial charge in [0.05, 0.1) is 5.56 Å². The Kier molecular flexibility index (Phi) is 3.47. The summed E-state index contributed by atoms with van der Waals surface area (Å²) >= 11 is 0. The largest absolute Gasteiger partial charge is 0.487 e. The molecule has 2 aromatic carbocycles. The molecule has 0 saturated carbocycles. The molecule has 0 heterocycles. The zero-order chi connectivity index (χ0) is 14.0. The van der Waals surface area contributed by atoms with Gasteiger partial charge in [0.2, 0.25) is 0 Å². The summed E-state index contributed by atoms with van der Waals surface area (Å²) in [7, 11) is 0. The van der Waals surface area contributed by atoms with Crippen molar-refractivity contribution in [2.45, 2.75) is 32.8 Å². The van der Waals surface area contributed by atoms with Crippen LogP contribution in [-0.4, -0.2) is 11.5 Å². The Morgan fingerprint density at radius 2 is 1.89 bits per heavy atom. The molecule has 0 aliphatic rings. The van der Waals surface area contributed by atoms with E-state index >= 15 is 0 Å². The lowest BCUT2D eigenvalue weighted by Gasteiger charge is -2.26. The van der Waals surface area contributed by atoms with Crippen LogP contribution in [0.5, 0.6) is 5.75 Å². The van der Waals surface area contributed by atoms with E-state index in [1.54, 1.807) is 0 Å². The zero-order valence-electron chi connectivity index (χ0n) is 11.6. The van der Waals surface area contributed by atoms with Crippen LogP contribution in [0.25, 0.3) is 10.8 Å². The number of benzene rings is 2. The lowest BCUT2D eigenvalue weighted by Crippen LogP contribution is -2.28. The van der Waals surface area contributed by atoms with Gasteiger partial charge < -0.3 is 10.5 Å². The number of hydrogen-bond acceptors (Lipinski definition) is 2. The number of carbonyl (C=O) groups is 1. The number of carbonyl (C=O) groups excluding carboxylic acids is 1. The SMILES string of the molecule is CCC(C)(C)Oc1ccc2ccccc2c1C(N)=O. The van der Waals surface area contributed by atoms with Crippen LogP contribution in [0.15, 0.2) is 36.4 Å². The Morgan fingerprint density at radius 3 is 2.53 bits per heavy atom. The van der Waals surface area contributed by atoms with Gasteiger partial charge in [-0.15, -0.1) is 0 Å². The number of ether oxygens (including phenoxy) is 1. The van der Waals surface area contributed by atoms with Crippen molar-refractivity contribution in [3.63, 3.8) is 0 Å². The Bertz CT molecular complexity index is 617. The number of nitrogens with two attached hydrogens (primary N) is 1. The van der Waals surface area contributed by atoms with E-state index in [-0.39, 0.29) is 5.60 Å². The van der Waals surface area contributed by atoms with Crippen LogP contribution in [0.2, 0.25) is 0 Å². The molecule has 3 nitrogen and oxygen atoms in total. The Hall–Kier alpha value is -2.03. The summed E-state index contributed by atoms with van der Waals surface area (Å²) in [5, 5.41) is 1.82. The van der Waals surface area contributed by atoms with Crippen molar-refractivity contribution >= 4 is 16.7 Å². The molecule has 1 amide bonds. The van der Waals surface area contributed by atoms with Crippen LogP contribution in [0.3, 0.4) is 0 Å². The highest BCUT2D eigenvalue weighted by molar-refractivity contribution is 6.08. The fourth-order valence-corrected chi connectivity index (χ4v) is 1.96. The van der Waals surface area contributed by atoms with Gasteiger partial charge in [0, 0.05) is 0 Å². The fraction of sp³-hybridized carbons (Fsp3) is 0.312. The molecule has 2 N–H and O–H groups in total. The smallest absolute Gasteiger partial charge is 0.253 e. The van der Waals surface area contributed by atoms with Gasteiger partial charge in [-0.2, -0.15) is 0 Å². The molecular formula is C16H19NO2. The van der Waals surface area contributed by atoms with Crippen LogP contribution in [-0.2, 0) is 0 Å². The predicted octanol–water partition coefficient (Wildman–Crippen LogP) is 3.51. The van der Waals surface area contributed by atoms with Crippen molar-refractivity contribution in [1.82, 2.24) is 0 Å². The maximum Gasteiger partial charge on any atom is 0.253 e. The van der Waals surface area contributed by atoms with Gasteiger partial charge in [0.1, 0.15) is 11.4 Å². The molecule has 2 aromatic rings. The Balaban J connectivity index is 2.61. The standard InChI is InChI=1S/C16H19NO2/c1-4-16(2,3)19-13-10-9-11-7-5-6-8-12(11)14(13)15(17)18/h5-10H,4H2,1-3H3,(H2,17,18). The van der Waals surface area contributed by atoms with Gasteiger partial charge in [0.15, 0.2) is 0 Å². The van der Waals surface area contributed by atoms with Crippen LogP contribution >= 0.6 is 0 Å². The van der Waals surface area contributed by atoms with Gasteiger partial charge in [-0.1, -0.05) is 37.3 Å². The van der Waals surface area contributed by atoms with Gasteiger partial charge in [0.25, 0.3) is 5.91 Å². The van der Waals surface area contributed by atoms with Crippen molar-refractivity contribution in [3.8, 4) is 5.75 Å². The van der Waals surface area contributed by atoms with Crippen LogP contribution in [0, 0.1) is 0 Å². The monoisotopic (exact) mass is 257 g/mol. The molecule has 0 spiro atoms. The second kappa shape index (κ2) is 4.92. The van der Waals surface area contributed by atoms with Crippen molar-refractivity contribution in [3.05, 3.63) is 42.0 Å². The molecule has 0 radical (unpaired) electrons. The fourth-order valence-electron chi connectivity index (χ4n) is 1.96. The van der Waals surface area contributed by atoms with Gasteiger partial charge in [-0.25, -0.2) is 0 Å². The van der Waals surface area contributed by atoms with E-state index in [1.165, 1.54) is 0 Å². The van der Waals surface area contributed by atoms with Gasteiger partial charge in [-0.05, 0) is 37.1 Å². The summed E-state index contributed by atoms with van der Waals surface area (Å²) in [6.45, 7) is 6.03. The molecule has 0 bridgehead atoms. The first-order valence-electron chi connectivity index (χ1n) is 6.45. The third-order valence-corrected chi connectivity index (χ3v) is 3.37. The number of hydrogen-bond donors (Lipinski definition) is 1. The summed E-state index contributed by atoms with van der Waals surface area (Å²) < 4.78 is 5.95. The average Bonchev–Trinajstić information content (AvgIpc) is 2.37. The molecule has 0 atom stereocenters. The van der Waals surface area contributed by atoms with E-state index in [1.807, 2.05) is 57.2 Å². The summed E-state index contributed by atoms with van der Waals surface area (Å²) in [6.07, 6.45) is 0.845.